The third-order valence-corrected chi connectivity index (χ3v) is 3.80. The normalized spacial score (nSPS) is 10.2. The van der Waals surface area contributed by atoms with Crippen molar-refractivity contribution in [2.75, 3.05) is 6.54 Å². The number of carbonyl (C=O) groups excluding carboxylic acids is 2. The van der Waals surface area contributed by atoms with Crippen LogP contribution in [0.15, 0.2) is 48.5 Å². The van der Waals surface area contributed by atoms with Gasteiger partial charge in [0, 0.05) is 6.54 Å². The molecule has 0 aliphatic heterocycles. The molecule has 0 saturated heterocycles. The fraction of sp³-hybridized carbons (Fsp3) is 0.263. The molecule has 2 rings (SSSR count). The second-order valence-corrected chi connectivity index (χ2v) is 5.58. The Kier molecular flexibility index (Phi) is 5.92. The van der Waals surface area contributed by atoms with Crippen molar-refractivity contribution in [2.45, 2.75) is 26.8 Å². The number of hydrogen-bond acceptors (Lipinski definition) is 2. The Morgan fingerprint density at radius 2 is 1.35 bits per heavy atom. The van der Waals surface area contributed by atoms with Gasteiger partial charge in [0.1, 0.15) is 0 Å². The van der Waals surface area contributed by atoms with Crippen LogP contribution in [0.2, 0.25) is 0 Å². The zero-order valence-electron chi connectivity index (χ0n) is 13.6. The first-order valence-corrected chi connectivity index (χ1v) is 7.68. The second kappa shape index (κ2) is 8.13. The number of amides is 2. The molecule has 0 radical (unpaired) electrons. The second-order valence-electron chi connectivity index (χ2n) is 5.58. The summed E-state index contributed by atoms with van der Waals surface area (Å²) in [6, 6.07) is 15.6. The maximum atomic E-state index is 11.9. The van der Waals surface area contributed by atoms with Gasteiger partial charge in [-0.05, 0) is 36.1 Å². The van der Waals surface area contributed by atoms with Crippen LogP contribution in [0.4, 0.5) is 0 Å². The average Bonchev–Trinajstić information content (AvgIpc) is 2.54. The number of hydrogen-bond donors (Lipinski definition) is 2. The van der Waals surface area contributed by atoms with Gasteiger partial charge in [0.25, 0.3) is 0 Å². The smallest absolute Gasteiger partial charge is 0.239 e. The van der Waals surface area contributed by atoms with Crippen LogP contribution >= 0.6 is 0 Å². The molecule has 2 aromatic carbocycles. The number of carbonyl (C=O) groups is 2. The van der Waals surface area contributed by atoms with Gasteiger partial charge in [-0.3, -0.25) is 9.59 Å². The summed E-state index contributed by atoms with van der Waals surface area (Å²) in [6.45, 7) is 4.44. The van der Waals surface area contributed by atoms with Crippen LogP contribution in [0, 0.1) is 13.8 Å². The average molecular weight is 310 g/mol. The molecule has 120 valence electrons. The molecule has 4 nitrogen and oxygen atoms in total. The Hall–Kier alpha value is -2.62. The highest BCUT2D eigenvalue weighted by Gasteiger charge is 2.08. The molecule has 23 heavy (non-hydrogen) atoms. The summed E-state index contributed by atoms with van der Waals surface area (Å²) in [5.41, 5.74) is 4.26. The maximum Gasteiger partial charge on any atom is 0.239 e. The van der Waals surface area contributed by atoms with Crippen LogP contribution in [0.1, 0.15) is 22.3 Å². The molecule has 0 atom stereocenters. The summed E-state index contributed by atoms with van der Waals surface area (Å²) in [7, 11) is 0. The first-order chi connectivity index (χ1) is 11.1. The van der Waals surface area contributed by atoms with Crippen molar-refractivity contribution >= 4 is 11.8 Å². The van der Waals surface area contributed by atoms with E-state index in [1.54, 1.807) is 0 Å². The molecule has 0 spiro atoms. The third-order valence-electron chi connectivity index (χ3n) is 3.80. The number of aryl methyl sites for hydroxylation is 2. The molecule has 0 saturated carbocycles. The zero-order valence-corrected chi connectivity index (χ0v) is 13.6. The Bertz CT molecular complexity index is 695. The zero-order chi connectivity index (χ0) is 16.7. The minimum absolute atomic E-state index is 0.00338. The van der Waals surface area contributed by atoms with Crippen LogP contribution in [0.3, 0.4) is 0 Å². The molecule has 4 heteroatoms. The number of benzene rings is 2. The van der Waals surface area contributed by atoms with Gasteiger partial charge in [0.2, 0.25) is 11.8 Å². The van der Waals surface area contributed by atoms with E-state index in [2.05, 4.69) is 10.6 Å². The van der Waals surface area contributed by atoms with E-state index in [0.29, 0.717) is 6.54 Å². The molecular weight excluding hydrogens is 288 g/mol. The lowest BCUT2D eigenvalue weighted by Crippen LogP contribution is -2.37. The van der Waals surface area contributed by atoms with Crippen LogP contribution in [0.25, 0.3) is 0 Å². The summed E-state index contributed by atoms with van der Waals surface area (Å²) in [5, 5.41) is 5.47. The topological polar surface area (TPSA) is 58.2 Å². The van der Waals surface area contributed by atoms with Crippen molar-refractivity contribution in [3.63, 3.8) is 0 Å². The molecule has 0 fully saturated rings. The first kappa shape index (κ1) is 16.7. The fourth-order valence-corrected chi connectivity index (χ4v) is 2.29. The lowest BCUT2D eigenvalue weighted by atomic mass is 10.1. The Morgan fingerprint density at radius 3 is 1.96 bits per heavy atom. The Balaban J connectivity index is 1.75. The van der Waals surface area contributed by atoms with Gasteiger partial charge in [0.05, 0.1) is 13.0 Å². The minimum atomic E-state index is -0.189. The van der Waals surface area contributed by atoms with Crippen LogP contribution < -0.4 is 10.6 Å². The molecule has 2 aromatic rings. The Labute approximate surface area is 136 Å². The quantitative estimate of drug-likeness (QED) is 0.860. The molecule has 0 unspecified atom stereocenters. The Morgan fingerprint density at radius 1 is 0.783 bits per heavy atom. The monoisotopic (exact) mass is 310 g/mol. The highest BCUT2D eigenvalue weighted by Crippen LogP contribution is 2.07. The maximum absolute atomic E-state index is 11.9. The van der Waals surface area contributed by atoms with E-state index in [4.69, 9.17) is 0 Å². The van der Waals surface area contributed by atoms with Gasteiger partial charge < -0.3 is 10.6 Å². The van der Waals surface area contributed by atoms with E-state index in [9.17, 15) is 9.59 Å². The molecule has 0 aromatic heterocycles. The molecule has 0 heterocycles. The summed E-state index contributed by atoms with van der Waals surface area (Å²) < 4.78 is 0. The van der Waals surface area contributed by atoms with Crippen molar-refractivity contribution in [3.05, 3.63) is 70.8 Å². The molecular formula is C19H22N2O2. The predicted molar refractivity (Wildman–Crippen MR) is 90.9 cm³/mol. The van der Waals surface area contributed by atoms with Gasteiger partial charge in [-0.2, -0.15) is 0 Å². The lowest BCUT2D eigenvalue weighted by Gasteiger charge is -2.09. The fourth-order valence-electron chi connectivity index (χ4n) is 2.29. The highest BCUT2D eigenvalue weighted by atomic mass is 16.2. The first-order valence-electron chi connectivity index (χ1n) is 7.68. The molecule has 0 aliphatic rings. The van der Waals surface area contributed by atoms with Gasteiger partial charge in [-0.1, -0.05) is 48.5 Å². The predicted octanol–water partition coefficient (Wildman–Crippen LogP) is 2.28. The van der Waals surface area contributed by atoms with Crippen molar-refractivity contribution in [1.29, 1.82) is 0 Å². The van der Waals surface area contributed by atoms with Gasteiger partial charge >= 0.3 is 0 Å². The van der Waals surface area contributed by atoms with Crippen molar-refractivity contribution in [2.24, 2.45) is 0 Å². The molecule has 2 N–H and O–H groups in total. The number of nitrogens with one attached hydrogen (secondary N) is 2. The van der Waals surface area contributed by atoms with Crippen LogP contribution in [-0.4, -0.2) is 18.4 Å². The van der Waals surface area contributed by atoms with Gasteiger partial charge in [0.15, 0.2) is 0 Å². The van der Waals surface area contributed by atoms with E-state index in [0.717, 1.165) is 22.3 Å². The van der Waals surface area contributed by atoms with Gasteiger partial charge in [-0.25, -0.2) is 0 Å². The van der Waals surface area contributed by atoms with Crippen LogP contribution in [-0.2, 0) is 22.6 Å². The van der Waals surface area contributed by atoms with Gasteiger partial charge in [-0.15, -0.1) is 0 Å². The van der Waals surface area contributed by atoms with E-state index >= 15 is 0 Å². The number of rotatable bonds is 6. The SMILES string of the molecule is Cc1ccccc1CNC(=O)CNC(=O)Cc1ccccc1C. The molecule has 0 aliphatic carbocycles. The molecule has 2 amide bonds. The standard InChI is InChI=1S/C19H22N2O2/c1-14-7-3-5-9-16(14)11-18(22)21-13-19(23)20-12-17-10-6-4-8-15(17)2/h3-10H,11-13H2,1-2H3,(H,20,23)(H,21,22). The largest absolute Gasteiger partial charge is 0.350 e. The lowest BCUT2D eigenvalue weighted by molar-refractivity contribution is -0.125. The van der Waals surface area contributed by atoms with E-state index in [1.165, 1.54) is 0 Å². The van der Waals surface area contributed by atoms with Crippen molar-refractivity contribution in [1.82, 2.24) is 10.6 Å². The summed E-state index contributed by atoms with van der Waals surface area (Å²) in [6.07, 6.45) is 0.289. The van der Waals surface area contributed by atoms with E-state index in [1.807, 2.05) is 62.4 Å². The summed E-state index contributed by atoms with van der Waals surface area (Å²) in [5.74, 6) is -0.336. The minimum Gasteiger partial charge on any atom is -0.350 e. The summed E-state index contributed by atoms with van der Waals surface area (Å²) >= 11 is 0. The van der Waals surface area contributed by atoms with E-state index in [-0.39, 0.29) is 24.8 Å². The van der Waals surface area contributed by atoms with Crippen LogP contribution in [0.5, 0.6) is 0 Å². The molecule has 0 bridgehead atoms. The van der Waals surface area contributed by atoms with E-state index < -0.39 is 0 Å². The summed E-state index contributed by atoms with van der Waals surface area (Å²) in [4.78, 5) is 23.7. The van der Waals surface area contributed by atoms with Crippen molar-refractivity contribution in [3.8, 4) is 0 Å². The van der Waals surface area contributed by atoms with Crippen molar-refractivity contribution < 1.29 is 9.59 Å². The third kappa shape index (κ3) is 5.25. The highest BCUT2D eigenvalue weighted by molar-refractivity contribution is 5.85.